The van der Waals surface area contributed by atoms with Crippen molar-refractivity contribution >= 4 is 18.3 Å². The van der Waals surface area contributed by atoms with Crippen LogP contribution < -0.4 is 5.32 Å². The van der Waals surface area contributed by atoms with Gasteiger partial charge >= 0.3 is 0 Å². The van der Waals surface area contributed by atoms with Crippen LogP contribution >= 0.6 is 12.4 Å². The Labute approximate surface area is 141 Å². The summed E-state index contributed by atoms with van der Waals surface area (Å²) in [4.78, 5) is 15.0. The summed E-state index contributed by atoms with van der Waals surface area (Å²) in [5.74, 6) is 4.21. The number of fused-ring (bicyclic) bond motifs is 1. The Morgan fingerprint density at radius 2 is 1.50 bits per heavy atom. The fraction of sp³-hybridized carbons (Fsp3) is 0.944. The maximum absolute atomic E-state index is 12.8. The number of carbonyl (C=O) groups excluding carboxylic acids is 1. The van der Waals surface area contributed by atoms with Gasteiger partial charge in [-0.15, -0.1) is 12.4 Å². The lowest BCUT2D eigenvalue weighted by atomic mass is 9.85. The fourth-order valence-electron chi connectivity index (χ4n) is 5.25. The molecule has 22 heavy (non-hydrogen) atoms. The summed E-state index contributed by atoms with van der Waals surface area (Å²) in [7, 11) is 0. The van der Waals surface area contributed by atoms with Crippen molar-refractivity contribution in [2.24, 2.45) is 29.6 Å². The topological polar surface area (TPSA) is 32.3 Å². The van der Waals surface area contributed by atoms with Gasteiger partial charge in [0.1, 0.15) is 0 Å². The highest BCUT2D eigenvalue weighted by Crippen LogP contribution is 2.50. The molecular weight excluding hydrogens is 296 g/mol. The molecule has 126 valence electrons. The first-order valence-corrected chi connectivity index (χ1v) is 9.32. The molecule has 1 N–H and O–H groups in total. The molecule has 2 saturated carbocycles. The summed E-state index contributed by atoms with van der Waals surface area (Å²) in [5.41, 5.74) is 0. The number of carbonyl (C=O) groups is 1. The van der Waals surface area contributed by atoms with Crippen LogP contribution in [-0.4, -0.2) is 37.0 Å². The van der Waals surface area contributed by atoms with Crippen molar-refractivity contribution < 1.29 is 4.79 Å². The number of amides is 1. The zero-order chi connectivity index (χ0) is 14.2. The van der Waals surface area contributed by atoms with Gasteiger partial charge in [-0.1, -0.05) is 32.1 Å². The highest BCUT2D eigenvalue weighted by Gasteiger charge is 2.49. The lowest BCUT2D eigenvalue weighted by molar-refractivity contribution is -0.133. The van der Waals surface area contributed by atoms with Crippen molar-refractivity contribution in [3.8, 4) is 0 Å². The molecule has 0 bridgehead atoms. The molecule has 0 aromatic heterocycles. The monoisotopic (exact) mass is 326 g/mol. The SMILES string of the molecule is Cl.O=C(C1CC1C1CCCCC1)N1CC[C@@H]2CNC[C@@H]2CC1. The molecule has 0 spiro atoms. The van der Waals surface area contributed by atoms with Crippen LogP contribution in [0.5, 0.6) is 0 Å². The highest BCUT2D eigenvalue weighted by molar-refractivity contribution is 5.85. The largest absolute Gasteiger partial charge is 0.342 e. The molecule has 3 nitrogen and oxygen atoms in total. The molecule has 1 amide bonds. The lowest BCUT2D eigenvalue weighted by Gasteiger charge is -2.24. The molecule has 2 heterocycles. The van der Waals surface area contributed by atoms with E-state index in [9.17, 15) is 4.79 Å². The zero-order valence-corrected chi connectivity index (χ0v) is 14.5. The van der Waals surface area contributed by atoms with Gasteiger partial charge in [0.25, 0.3) is 0 Å². The Morgan fingerprint density at radius 3 is 2.14 bits per heavy atom. The Balaban J connectivity index is 0.00000144. The van der Waals surface area contributed by atoms with E-state index < -0.39 is 0 Å². The predicted octanol–water partition coefficient (Wildman–Crippen LogP) is 3.08. The molecule has 4 atom stereocenters. The number of halogens is 1. The van der Waals surface area contributed by atoms with Gasteiger partial charge in [-0.2, -0.15) is 0 Å². The first-order chi connectivity index (χ1) is 10.3. The number of likely N-dealkylation sites (tertiary alicyclic amines) is 1. The minimum atomic E-state index is 0. The molecule has 0 aromatic carbocycles. The lowest BCUT2D eigenvalue weighted by Crippen LogP contribution is -2.34. The number of hydrogen-bond donors (Lipinski definition) is 1. The van der Waals surface area contributed by atoms with Crippen molar-refractivity contribution in [2.45, 2.75) is 51.4 Å². The zero-order valence-electron chi connectivity index (χ0n) is 13.6. The molecule has 4 aliphatic rings. The van der Waals surface area contributed by atoms with E-state index in [4.69, 9.17) is 0 Å². The van der Waals surface area contributed by atoms with Gasteiger partial charge in [-0.05, 0) is 56.0 Å². The van der Waals surface area contributed by atoms with Crippen molar-refractivity contribution in [3.63, 3.8) is 0 Å². The normalized spacial score (nSPS) is 38.8. The highest BCUT2D eigenvalue weighted by atomic mass is 35.5. The summed E-state index contributed by atoms with van der Waals surface area (Å²) in [6.45, 7) is 4.41. The van der Waals surface area contributed by atoms with E-state index in [1.165, 1.54) is 64.5 Å². The molecule has 2 aliphatic carbocycles. The van der Waals surface area contributed by atoms with Crippen LogP contribution in [0.2, 0.25) is 0 Å². The average Bonchev–Trinajstić information content (AvgIpc) is 3.25. The van der Waals surface area contributed by atoms with Gasteiger partial charge in [0, 0.05) is 19.0 Å². The summed E-state index contributed by atoms with van der Waals surface area (Å²) >= 11 is 0. The van der Waals surface area contributed by atoms with Crippen LogP contribution in [0.3, 0.4) is 0 Å². The molecule has 4 heteroatoms. The smallest absolute Gasteiger partial charge is 0.225 e. The summed E-state index contributed by atoms with van der Waals surface area (Å²) < 4.78 is 0. The first-order valence-electron chi connectivity index (χ1n) is 9.32. The molecule has 0 aromatic rings. The molecule has 2 aliphatic heterocycles. The minimum absolute atomic E-state index is 0. The fourth-order valence-corrected chi connectivity index (χ4v) is 5.25. The van der Waals surface area contributed by atoms with E-state index >= 15 is 0 Å². The molecule has 4 fully saturated rings. The van der Waals surface area contributed by atoms with E-state index in [0.29, 0.717) is 11.8 Å². The van der Waals surface area contributed by atoms with Crippen LogP contribution in [-0.2, 0) is 4.79 Å². The molecular formula is C18H31ClN2O. The van der Waals surface area contributed by atoms with Gasteiger partial charge < -0.3 is 10.2 Å². The van der Waals surface area contributed by atoms with Gasteiger partial charge in [-0.25, -0.2) is 0 Å². The maximum atomic E-state index is 12.8. The Hall–Kier alpha value is -0.280. The van der Waals surface area contributed by atoms with Crippen LogP contribution in [0.1, 0.15) is 51.4 Å². The third kappa shape index (κ3) is 3.31. The number of nitrogens with zero attached hydrogens (tertiary/aromatic N) is 1. The molecule has 2 unspecified atom stereocenters. The molecule has 0 radical (unpaired) electrons. The van der Waals surface area contributed by atoms with E-state index in [2.05, 4.69) is 10.2 Å². The van der Waals surface area contributed by atoms with Crippen molar-refractivity contribution in [1.29, 1.82) is 0 Å². The Bertz CT molecular complexity index is 383. The number of hydrogen-bond acceptors (Lipinski definition) is 2. The predicted molar refractivity (Wildman–Crippen MR) is 91.1 cm³/mol. The van der Waals surface area contributed by atoms with Crippen LogP contribution in [0.4, 0.5) is 0 Å². The van der Waals surface area contributed by atoms with E-state index in [1.807, 2.05) is 0 Å². The number of rotatable bonds is 2. The summed E-state index contributed by atoms with van der Waals surface area (Å²) in [6, 6.07) is 0. The second-order valence-corrected chi connectivity index (χ2v) is 7.99. The molecule has 2 saturated heterocycles. The van der Waals surface area contributed by atoms with Crippen LogP contribution in [0.25, 0.3) is 0 Å². The minimum Gasteiger partial charge on any atom is -0.342 e. The van der Waals surface area contributed by atoms with E-state index in [-0.39, 0.29) is 12.4 Å². The Morgan fingerprint density at radius 1 is 0.864 bits per heavy atom. The standard InChI is InChI=1S/C18H30N2O.ClH/c21-18(17-10-16(17)13-4-2-1-3-5-13)20-8-6-14-11-19-12-15(14)7-9-20;/h13-17,19H,1-12H2;1H/t14-,15+,16?,17?;. The van der Waals surface area contributed by atoms with Gasteiger partial charge in [0.2, 0.25) is 5.91 Å². The van der Waals surface area contributed by atoms with Crippen LogP contribution in [0, 0.1) is 29.6 Å². The quantitative estimate of drug-likeness (QED) is 0.845. The van der Waals surface area contributed by atoms with E-state index in [0.717, 1.165) is 36.8 Å². The maximum Gasteiger partial charge on any atom is 0.225 e. The van der Waals surface area contributed by atoms with Gasteiger partial charge in [-0.3, -0.25) is 4.79 Å². The van der Waals surface area contributed by atoms with Crippen molar-refractivity contribution in [1.82, 2.24) is 10.2 Å². The molecule has 4 rings (SSSR count). The van der Waals surface area contributed by atoms with Crippen molar-refractivity contribution in [3.05, 3.63) is 0 Å². The number of nitrogens with one attached hydrogen (secondary N) is 1. The Kier molecular flexibility index (Phi) is 5.34. The first kappa shape index (κ1) is 16.6. The third-order valence-corrected chi connectivity index (χ3v) is 6.74. The average molecular weight is 327 g/mol. The van der Waals surface area contributed by atoms with Gasteiger partial charge in [0.15, 0.2) is 0 Å². The van der Waals surface area contributed by atoms with Gasteiger partial charge in [0.05, 0.1) is 0 Å². The second-order valence-electron chi connectivity index (χ2n) is 7.99. The third-order valence-electron chi connectivity index (χ3n) is 6.74. The van der Waals surface area contributed by atoms with Crippen LogP contribution in [0.15, 0.2) is 0 Å². The van der Waals surface area contributed by atoms with E-state index in [1.54, 1.807) is 0 Å². The second kappa shape index (κ2) is 7.09. The summed E-state index contributed by atoms with van der Waals surface area (Å²) in [5, 5.41) is 3.52. The van der Waals surface area contributed by atoms with Crippen molar-refractivity contribution in [2.75, 3.05) is 26.2 Å². The summed E-state index contributed by atoms with van der Waals surface area (Å²) in [6.07, 6.45) is 10.7.